The van der Waals surface area contributed by atoms with E-state index in [0.717, 1.165) is 5.69 Å². The molecule has 0 fully saturated rings. The summed E-state index contributed by atoms with van der Waals surface area (Å²) in [6.07, 6.45) is 3.62. The molecule has 152 valence electrons. The Morgan fingerprint density at radius 2 is 2.04 bits per heavy atom. The lowest BCUT2D eigenvalue weighted by atomic mass is 10.0. The van der Waals surface area contributed by atoms with Crippen molar-refractivity contribution >= 4 is 36.0 Å². The molecule has 2 unspecified atom stereocenters. The number of thiol groups is 1. The molecule has 0 saturated carbocycles. The Bertz CT molecular complexity index is 621. The Kier molecular flexibility index (Phi) is 11.0. The predicted molar refractivity (Wildman–Crippen MR) is 103 cm³/mol. The van der Waals surface area contributed by atoms with Crippen molar-refractivity contribution in [2.45, 2.75) is 57.7 Å². The van der Waals surface area contributed by atoms with Crippen LogP contribution >= 0.6 is 12.6 Å². The number of carbonyl (C=O) groups is 4. The average molecular weight is 401 g/mol. The third kappa shape index (κ3) is 10.4. The summed E-state index contributed by atoms with van der Waals surface area (Å²) in [6.45, 7) is 4.84. The number of nitrogens with one attached hydrogen (secondary N) is 3. The van der Waals surface area contributed by atoms with Crippen LogP contribution in [0.5, 0.6) is 0 Å². The normalized spacial score (nSPS) is 12.8. The maximum absolute atomic E-state index is 12.3. The minimum Gasteiger partial charge on any atom is -0.481 e. The van der Waals surface area contributed by atoms with E-state index in [0.29, 0.717) is 12.0 Å². The van der Waals surface area contributed by atoms with Crippen LogP contribution in [0.1, 0.15) is 39.3 Å². The smallest absolute Gasteiger partial charge is 0.303 e. The van der Waals surface area contributed by atoms with Crippen molar-refractivity contribution in [3.63, 3.8) is 0 Å². The van der Waals surface area contributed by atoms with Crippen LogP contribution in [0, 0.1) is 0 Å². The Morgan fingerprint density at radius 3 is 2.52 bits per heavy atom. The lowest BCUT2D eigenvalue weighted by molar-refractivity contribution is -0.137. The number of imidazole rings is 1. The number of carbonyl (C=O) groups excluding carboxylic acids is 3. The summed E-state index contributed by atoms with van der Waals surface area (Å²) >= 11 is 3.11. The molecule has 0 bridgehead atoms. The van der Waals surface area contributed by atoms with Crippen LogP contribution in [0.3, 0.4) is 0 Å². The monoisotopic (exact) mass is 401 g/mol. The number of rotatable bonds is 9. The molecule has 6 N–H and O–H groups in total. The molecule has 0 aliphatic rings. The number of hydrogen-bond donors (Lipinski definition) is 6. The van der Waals surface area contributed by atoms with E-state index in [1.165, 1.54) is 6.33 Å². The first-order valence-electron chi connectivity index (χ1n) is 8.19. The second-order valence-electron chi connectivity index (χ2n) is 6.41. The highest BCUT2D eigenvalue weighted by atomic mass is 32.1. The maximum atomic E-state index is 12.3. The van der Waals surface area contributed by atoms with Gasteiger partial charge in [-0.1, -0.05) is 0 Å². The Balaban J connectivity index is 0.00000210. The fourth-order valence-corrected chi connectivity index (χ4v) is 2.00. The van der Waals surface area contributed by atoms with Gasteiger partial charge in [-0.25, -0.2) is 4.98 Å². The Hall–Kier alpha value is -2.40. The second-order valence-corrected chi connectivity index (χ2v) is 6.62. The zero-order chi connectivity index (χ0) is 21.0. The summed E-state index contributed by atoms with van der Waals surface area (Å²) < 4.78 is 0. The topological polar surface area (TPSA) is 167 Å². The van der Waals surface area contributed by atoms with Crippen LogP contribution in [-0.4, -0.2) is 56.1 Å². The molecule has 11 heteroatoms. The van der Waals surface area contributed by atoms with E-state index in [4.69, 9.17) is 15.6 Å². The number of aromatic nitrogens is 2. The molecule has 0 aliphatic heterocycles. The van der Waals surface area contributed by atoms with Crippen molar-refractivity contribution in [2.24, 2.45) is 5.73 Å². The first-order chi connectivity index (χ1) is 12.5. The highest BCUT2D eigenvalue weighted by Gasteiger charge is 2.32. The molecular weight excluding hydrogens is 374 g/mol. The molecule has 2 amide bonds. The second kappa shape index (κ2) is 12.1. The van der Waals surface area contributed by atoms with Gasteiger partial charge in [0.2, 0.25) is 11.8 Å². The van der Waals surface area contributed by atoms with E-state index >= 15 is 0 Å². The van der Waals surface area contributed by atoms with E-state index < -0.39 is 29.4 Å². The lowest BCUT2D eigenvalue weighted by Crippen LogP contribution is -2.59. The van der Waals surface area contributed by atoms with E-state index in [1.807, 2.05) is 0 Å². The van der Waals surface area contributed by atoms with Crippen LogP contribution in [-0.2, 0) is 25.6 Å². The Labute approximate surface area is 163 Å². The number of amides is 2. The summed E-state index contributed by atoms with van der Waals surface area (Å²) in [4.78, 5) is 50.4. The van der Waals surface area contributed by atoms with Crippen molar-refractivity contribution in [3.05, 3.63) is 18.2 Å². The van der Waals surface area contributed by atoms with Gasteiger partial charge in [0.05, 0.1) is 12.4 Å². The van der Waals surface area contributed by atoms with Crippen LogP contribution in [0.25, 0.3) is 0 Å². The number of H-pyrrole nitrogens is 1. The number of nitrogens with two attached hydrogens (primary N) is 1. The van der Waals surface area contributed by atoms with Gasteiger partial charge in [0, 0.05) is 30.8 Å². The molecule has 2 atom stereocenters. The minimum absolute atomic E-state index is 0.0384. The zero-order valence-corrected chi connectivity index (χ0v) is 16.5. The van der Waals surface area contributed by atoms with Crippen molar-refractivity contribution in [1.82, 2.24) is 20.6 Å². The number of hydrogen-bond acceptors (Lipinski definition) is 6. The number of carboxylic acids is 1. The van der Waals surface area contributed by atoms with Crippen LogP contribution in [0.4, 0.5) is 0 Å². The summed E-state index contributed by atoms with van der Waals surface area (Å²) in [5.41, 5.74) is 5.84. The van der Waals surface area contributed by atoms with Gasteiger partial charge in [0.15, 0.2) is 5.62 Å². The molecular formula is C16H27N5O5S. The molecule has 0 aromatic carbocycles. The van der Waals surface area contributed by atoms with Crippen LogP contribution in [0.2, 0.25) is 0 Å². The SMILES string of the molecule is CC(CCC(=O)O)NC(=O)C(C)(C)NC(=O)C(N)Cc1cnc[nH]1.O=CS. The predicted octanol–water partition coefficient (Wildman–Crippen LogP) is -0.350. The third-order valence-electron chi connectivity index (χ3n) is 3.50. The van der Waals surface area contributed by atoms with Crippen LogP contribution < -0.4 is 16.4 Å². The van der Waals surface area contributed by atoms with Gasteiger partial charge in [-0.3, -0.25) is 19.2 Å². The fourth-order valence-electron chi connectivity index (χ4n) is 2.00. The molecule has 27 heavy (non-hydrogen) atoms. The minimum atomic E-state index is -1.17. The Morgan fingerprint density at radius 1 is 1.44 bits per heavy atom. The molecule has 1 rings (SSSR count). The number of carboxylic acid groups (broad SMARTS) is 1. The van der Waals surface area contributed by atoms with Gasteiger partial charge in [0.25, 0.3) is 0 Å². The van der Waals surface area contributed by atoms with Crippen molar-refractivity contribution in [2.75, 3.05) is 0 Å². The van der Waals surface area contributed by atoms with Gasteiger partial charge in [0.1, 0.15) is 5.54 Å². The van der Waals surface area contributed by atoms with Crippen molar-refractivity contribution in [3.8, 4) is 0 Å². The van der Waals surface area contributed by atoms with E-state index in [1.54, 1.807) is 27.0 Å². The lowest BCUT2D eigenvalue weighted by Gasteiger charge is -2.28. The largest absolute Gasteiger partial charge is 0.481 e. The summed E-state index contributed by atoms with van der Waals surface area (Å²) in [7, 11) is 0. The highest BCUT2D eigenvalue weighted by Crippen LogP contribution is 2.06. The van der Waals surface area contributed by atoms with Gasteiger partial charge in [-0.15, -0.1) is 12.6 Å². The third-order valence-corrected chi connectivity index (χ3v) is 3.50. The molecule has 0 aliphatic carbocycles. The van der Waals surface area contributed by atoms with Gasteiger partial charge < -0.3 is 26.5 Å². The molecule has 1 aromatic rings. The first kappa shape index (κ1) is 24.6. The quantitative estimate of drug-likeness (QED) is 0.243. The van der Waals surface area contributed by atoms with Gasteiger partial charge in [-0.05, 0) is 27.2 Å². The zero-order valence-electron chi connectivity index (χ0n) is 15.6. The molecule has 0 spiro atoms. The van der Waals surface area contributed by atoms with E-state index in [2.05, 4.69) is 33.2 Å². The van der Waals surface area contributed by atoms with Crippen molar-refractivity contribution < 1.29 is 24.3 Å². The average Bonchev–Trinajstić information content (AvgIpc) is 3.06. The number of nitrogens with zero attached hydrogens (tertiary/aromatic N) is 1. The van der Waals surface area contributed by atoms with E-state index in [-0.39, 0.29) is 18.9 Å². The molecule has 0 saturated heterocycles. The molecule has 0 radical (unpaired) electrons. The van der Waals surface area contributed by atoms with Gasteiger partial charge in [-0.2, -0.15) is 0 Å². The summed E-state index contributed by atoms with van der Waals surface area (Å²) in [6, 6.07) is -1.13. The van der Waals surface area contributed by atoms with Crippen LogP contribution in [0.15, 0.2) is 12.5 Å². The summed E-state index contributed by atoms with van der Waals surface area (Å²) in [5, 5.41) is 14.0. The van der Waals surface area contributed by atoms with Crippen molar-refractivity contribution in [1.29, 1.82) is 0 Å². The van der Waals surface area contributed by atoms with E-state index in [9.17, 15) is 14.4 Å². The number of aliphatic carboxylic acids is 1. The molecule has 10 nitrogen and oxygen atoms in total. The van der Waals surface area contributed by atoms with Gasteiger partial charge >= 0.3 is 5.97 Å². The molecule has 1 heterocycles. The molecule has 1 aromatic heterocycles. The standard InChI is InChI=1S/C15H25N5O4.CH2OS/c1-9(4-5-12(21)22)19-14(24)15(2,3)20-13(23)11(16)6-10-7-17-8-18-10;2-1-3/h7-9,11H,4-6,16H2,1-3H3,(H,17,18)(H,19,24)(H,20,23)(H,21,22);1H,(H,2,3). The summed E-state index contributed by atoms with van der Waals surface area (Å²) in [5.74, 6) is -1.78. The maximum Gasteiger partial charge on any atom is 0.303 e. The first-order valence-corrected chi connectivity index (χ1v) is 8.70. The fraction of sp³-hybridized carbons (Fsp3) is 0.562. The number of aromatic amines is 1. The highest BCUT2D eigenvalue weighted by molar-refractivity contribution is 7.94.